The Morgan fingerprint density at radius 3 is 1.83 bits per heavy atom. The quantitative estimate of drug-likeness (QED) is 0.498. The van der Waals surface area contributed by atoms with Crippen molar-refractivity contribution in [1.82, 2.24) is 0 Å². The highest BCUT2D eigenvalue weighted by Gasteiger charge is 2.16. The summed E-state index contributed by atoms with van der Waals surface area (Å²) < 4.78 is 7.56. The molecule has 0 N–H and O–H groups in total. The fourth-order valence-corrected chi connectivity index (χ4v) is 3.14. The van der Waals surface area contributed by atoms with Crippen molar-refractivity contribution in [3.8, 4) is 0 Å². The van der Waals surface area contributed by atoms with Gasteiger partial charge >= 0.3 is 0 Å². The van der Waals surface area contributed by atoms with E-state index < -0.39 is 0 Å². The van der Waals surface area contributed by atoms with E-state index >= 15 is 0 Å². The van der Waals surface area contributed by atoms with Crippen molar-refractivity contribution in [1.29, 1.82) is 0 Å². The Morgan fingerprint density at radius 2 is 1.28 bits per heavy atom. The first kappa shape index (κ1) is 16.1. The van der Waals surface area contributed by atoms with Gasteiger partial charge in [-0.2, -0.15) is 0 Å². The van der Waals surface area contributed by atoms with Gasteiger partial charge in [0.2, 0.25) is 0 Å². The number of halogens is 1. The van der Waals surface area contributed by atoms with Gasteiger partial charge in [-0.1, -0.05) is 40.0 Å². The lowest BCUT2D eigenvalue weighted by atomic mass is 10.1. The highest BCUT2D eigenvalue weighted by Crippen LogP contribution is 2.28. The fraction of sp³-hybridized carbons (Fsp3) is 0.750. The Morgan fingerprint density at radius 1 is 0.778 bits per heavy atom. The molecule has 0 spiro atoms. The highest BCUT2D eigenvalue weighted by molar-refractivity contribution is 14.1. The molecule has 0 aliphatic heterocycles. The van der Waals surface area contributed by atoms with Crippen LogP contribution in [-0.4, -0.2) is 0 Å². The summed E-state index contributed by atoms with van der Waals surface area (Å²) in [7, 11) is 0. The number of hydrogen-bond acceptors (Lipinski definition) is 1. The molecule has 0 unspecified atom stereocenters. The van der Waals surface area contributed by atoms with Crippen LogP contribution in [0, 0.1) is 3.57 Å². The molecular weight excluding hydrogens is 335 g/mol. The Kier molecular flexibility index (Phi) is 8.03. The molecule has 0 aromatic carbocycles. The first-order valence-corrected chi connectivity index (χ1v) is 8.61. The van der Waals surface area contributed by atoms with Crippen LogP contribution in [0.4, 0.5) is 0 Å². The van der Waals surface area contributed by atoms with E-state index in [1.807, 2.05) is 0 Å². The van der Waals surface area contributed by atoms with Crippen LogP contribution in [0.5, 0.6) is 0 Å². The van der Waals surface area contributed by atoms with Crippen molar-refractivity contribution < 1.29 is 4.42 Å². The van der Waals surface area contributed by atoms with Gasteiger partial charge in [0.05, 0.1) is 3.57 Å². The third-order valence-corrected chi connectivity index (χ3v) is 4.64. The van der Waals surface area contributed by atoms with Crippen molar-refractivity contribution in [2.24, 2.45) is 0 Å². The van der Waals surface area contributed by atoms with Gasteiger partial charge in [-0.15, -0.1) is 0 Å². The second-order valence-electron chi connectivity index (χ2n) is 5.05. The van der Waals surface area contributed by atoms with E-state index in [2.05, 4.69) is 43.4 Å². The number of hydrogen-bond donors (Lipinski definition) is 0. The van der Waals surface area contributed by atoms with Gasteiger partial charge in [0, 0.05) is 18.4 Å². The van der Waals surface area contributed by atoms with E-state index in [0.717, 1.165) is 12.8 Å². The summed E-state index contributed by atoms with van der Waals surface area (Å²) in [5.41, 5.74) is 1.51. The molecule has 0 aliphatic rings. The minimum Gasteiger partial charge on any atom is -0.465 e. The van der Waals surface area contributed by atoms with Gasteiger partial charge in [0.25, 0.3) is 0 Å². The maximum absolute atomic E-state index is 6.14. The van der Waals surface area contributed by atoms with Crippen LogP contribution >= 0.6 is 22.6 Å². The zero-order valence-electron chi connectivity index (χ0n) is 12.2. The average Bonchev–Trinajstić information content (AvgIpc) is 2.68. The third-order valence-electron chi connectivity index (χ3n) is 3.39. The van der Waals surface area contributed by atoms with Gasteiger partial charge in [-0.05, 0) is 48.3 Å². The lowest BCUT2D eigenvalue weighted by molar-refractivity contribution is 0.448. The van der Waals surface area contributed by atoms with Crippen LogP contribution < -0.4 is 0 Å². The topological polar surface area (TPSA) is 13.1 Å². The summed E-state index contributed by atoms with van der Waals surface area (Å²) in [6.45, 7) is 6.75. The molecule has 0 radical (unpaired) electrons. The second-order valence-corrected chi connectivity index (χ2v) is 6.13. The summed E-state index contributed by atoms with van der Waals surface area (Å²) in [4.78, 5) is 0. The average molecular weight is 362 g/mol. The van der Waals surface area contributed by atoms with Crippen molar-refractivity contribution in [3.05, 3.63) is 20.7 Å². The molecule has 1 heterocycles. The first-order chi connectivity index (χ1) is 8.74. The SMILES string of the molecule is CCCCc1oc(CCCC)c(CCCC)c1I. The number of aryl methyl sites for hydroxylation is 2. The predicted octanol–water partition coefficient (Wildman–Crippen LogP) is 5.91. The third kappa shape index (κ3) is 4.60. The summed E-state index contributed by atoms with van der Waals surface area (Å²) in [5, 5.41) is 0. The van der Waals surface area contributed by atoms with E-state index in [-0.39, 0.29) is 0 Å². The predicted molar refractivity (Wildman–Crippen MR) is 87.3 cm³/mol. The molecule has 1 aromatic heterocycles. The zero-order valence-corrected chi connectivity index (χ0v) is 14.3. The lowest BCUT2D eigenvalue weighted by Crippen LogP contribution is -1.93. The van der Waals surface area contributed by atoms with Crippen LogP contribution in [0.15, 0.2) is 4.42 Å². The number of furan rings is 1. The normalized spacial score (nSPS) is 11.1. The smallest absolute Gasteiger partial charge is 0.117 e. The van der Waals surface area contributed by atoms with Gasteiger partial charge in [-0.3, -0.25) is 0 Å². The molecule has 0 atom stereocenters. The molecule has 0 saturated carbocycles. The first-order valence-electron chi connectivity index (χ1n) is 7.53. The summed E-state index contributed by atoms with van der Waals surface area (Å²) >= 11 is 2.50. The molecule has 2 heteroatoms. The van der Waals surface area contributed by atoms with E-state index in [4.69, 9.17) is 4.42 Å². The van der Waals surface area contributed by atoms with Crippen LogP contribution in [-0.2, 0) is 19.3 Å². The molecule has 1 aromatic rings. The van der Waals surface area contributed by atoms with Crippen LogP contribution in [0.3, 0.4) is 0 Å². The molecule has 0 bridgehead atoms. The van der Waals surface area contributed by atoms with E-state index in [1.54, 1.807) is 0 Å². The molecule has 0 amide bonds. The van der Waals surface area contributed by atoms with Gasteiger partial charge < -0.3 is 4.42 Å². The summed E-state index contributed by atoms with van der Waals surface area (Å²) in [6.07, 6.45) is 10.9. The molecule has 0 aliphatic carbocycles. The molecule has 1 nitrogen and oxygen atoms in total. The standard InChI is InChI=1S/C16H27IO/c1-4-7-10-13-14(11-8-5-2)18-15(16(13)17)12-9-6-3/h4-12H2,1-3H3. The van der Waals surface area contributed by atoms with Gasteiger partial charge in [0.1, 0.15) is 11.5 Å². The van der Waals surface area contributed by atoms with Crippen LogP contribution in [0.2, 0.25) is 0 Å². The molecule has 104 valence electrons. The van der Waals surface area contributed by atoms with Crippen molar-refractivity contribution in [3.63, 3.8) is 0 Å². The molecule has 0 saturated heterocycles. The Hall–Kier alpha value is 0.01000. The van der Waals surface area contributed by atoms with Crippen molar-refractivity contribution in [2.75, 3.05) is 0 Å². The zero-order chi connectivity index (χ0) is 13.4. The Bertz CT molecular complexity index is 341. The maximum Gasteiger partial charge on any atom is 0.117 e. The molecule has 1 rings (SSSR count). The molecule has 18 heavy (non-hydrogen) atoms. The second kappa shape index (κ2) is 9.00. The van der Waals surface area contributed by atoms with E-state index in [1.165, 1.54) is 65.6 Å². The molecule has 0 fully saturated rings. The van der Waals surface area contributed by atoms with E-state index in [0.29, 0.717) is 0 Å². The number of unbranched alkanes of at least 4 members (excludes halogenated alkanes) is 3. The maximum atomic E-state index is 6.14. The monoisotopic (exact) mass is 362 g/mol. The summed E-state index contributed by atoms with van der Waals surface area (Å²) in [5.74, 6) is 2.52. The minimum atomic E-state index is 1.11. The largest absolute Gasteiger partial charge is 0.465 e. The minimum absolute atomic E-state index is 1.11. The van der Waals surface area contributed by atoms with Crippen LogP contribution in [0.25, 0.3) is 0 Å². The van der Waals surface area contributed by atoms with E-state index in [9.17, 15) is 0 Å². The van der Waals surface area contributed by atoms with Crippen molar-refractivity contribution in [2.45, 2.75) is 78.6 Å². The fourth-order valence-electron chi connectivity index (χ4n) is 2.19. The van der Waals surface area contributed by atoms with Gasteiger partial charge in [-0.25, -0.2) is 0 Å². The molecular formula is C16H27IO. The number of rotatable bonds is 9. The highest BCUT2D eigenvalue weighted by atomic mass is 127. The Labute approximate surface area is 126 Å². The van der Waals surface area contributed by atoms with Crippen LogP contribution in [0.1, 0.15) is 76.4 Å². The lowest BCUT2D eigenvalue weighted by Gasteiger charge is -2.01. The van der Waals surface area contributed by atoms with Crippen molar-refractivity contribution >= 4 is 22.6 Å². The summed E-state index contributed by atoms with van der Waals surface area (Å²) in [6, 6.07) is 0. The Balaban J connectivity index is 2.83. The van der Waals surface area contributed by atoms with Gasteiger partial charge in [0.15, 0.2) is 0 Å².